The monoisotopic (exact) mass is 439 g/mol. The molecular weight excluding hydrogens is 422 g/mol. The van der Waals surface area contributed by atoms with Crippen LogP contribution < -0.4 is 5.32 Å². The first-order valence-corrected chi connectivity index (χ1v) is 9.67. The molecule has 28 heavy (non-hydrogen) atoms. The van der Waals surface area contributed by atoms with Crippen molar-refractivity contribution >= 4 is 38.6 Å². The third kappa shape index (κ3) is 3.18. The second-order valence-corrected chi connectivity index (χ2v) is 7.61. The number of hydrogen-bond donors (Lipinski definition) is 3. The summed E-state index contributed by atoms with van der Waals surface area (Å²) in [6.07, 6.45) is 5.93. The topological polar surface area (TPSA) is 93.9 Å². The number of terminal acetylenes is 1. The molecule has 3 aromatic rings. The van der Waals surface area contributed by atoms with Gasteiger partial charge in [0.25, 0.3) is 11.8 Å². The maximum Gasteiger partial charge on any atom is 0.273 e. The molecule has 7 nitrogen and oxygen atoms in total. The number of carbonyl (C=O) groups is 2. The maximum absolute atomic E-state index is 13.0. The summed E-state index contributed by atoms with van der Waals surface area (Å²) in [4.78, 5) is 30.4. The van der Waals surface area contributed by atoms with Gasteiger partial charge >= 0.3 is 0 Å². The standard InChI is InChI=1S/C20H18BrN5O2/c1-3-11(2)22-19(27)18-13-10-26(8-7-15(13)24-25-18)20(28)16-9-12-5-4-6-14(21)17(12)23-16/h1,4-6,9,11,23H,7-8,10H2,2H3,(H,22,27)(H,24,25). The van der Waals surface area contributed by atoms with Gasteiger partial charge in [-0.2, -0.15) is 5.10 Å². The van der Waals surface area contributed by atoms with Crippen molar-refractivity contribution in [2.24, 2.45) is 0 Å². The maximum atomic E-state index is 13.0. The van der Waals surface area contributed by atoms with Crippen LogP contribution in [-0.2, 0) is 13.0 Å². The molecule has 3 heterocycles. The van der Waals surface area contributed by atoms with E-state index in [1.165, 1.54) is 0 Å². The molecule has 0 fully saturated rings. The zero-order chi connectivity index (χ0) is 19.8. The molecule has 0 saturated carbocycles. The fourth-order valence-corrected chi connectivity index (χ4v) is 3.85. The number of fused-ring (bicyclic) bond motifs is 2. The van der Waals surface area contributed by atoms with Crippen molar-refractivity contribution in [1.29, 1.82) is 0 Å². The lowest BCUT2D eigenvalue weighted by molar-refractivity contribution is 0.0726. The Morgan fingerprint density at radius 1 is 1.43 bits per heavy atom. The third-order valence-electron chi connectivity index (χ3n) is 4.87. The zero-order valence-electron chi connectivity index (χ0n) is 15.2. The lowest BCUT2D eigenvalue weighted by Crippen LogP contribution is -2.37. The number of carbonyl (C=O) groups excluding carboxylic acids is 2. The summed E-state index contributed by atoms with van der Waals surface area (Å²) in [6.45, 7) is 2.58. The molecule has 0 saturated heterocycles. The van der Waals surface area contributed by atoms with Crippen molar-refractivity contribution in [1.82, 2.24) is 25.4 Å². The van der Waals surface area contributed by atoms with Crippen LogP contribution in [0.3, 0.4) is 0 Å². The third-order valence-corrected chi connectivity index (χ3v) is 5.53. The number of aromatic nitrogens is 3. The summed E-state index contributed by atoms with van der Waals surface area (Å²) < 4.78 is 0.904. The average molecular weight is 440 g/mol. The molecule has 0 radical (unpaired) electrons. The summed E-state index contributed by atoms with van der Waals surface area (Å²) in [5.41, 5.74) is 3.30. The summed E-state index contributed by atoms with van der Waals surface area (Å²) >= 11 is 3.50. The van der Waals surface area contributed by atoms with Gasteiger partial charge in [0.15, 0.2) is 5.69 Å². The molecular formula is C20H18BrN5O2. The molecule has 2 amide bonds. The number of halogens is 1. The van der Waals surface area contributed by atoms with Gasteiger partial charge in [-0.3, -0.25) is 14.7 Å². The number of nitrogens with one attached hydrogen (secondary N) is 3. The van der Waals surface area contributed by atoms with Gasteiger partial charge in [-0.05, 0) is 35.0 Å². The first kappa shape index (κ1) is 18.3. The molecule has 1 unspecified atom stereocenters. The number of hydrogen-bond acceptors (Lipinski definition) is 3. The Bertz CT molecular complexity index is 1120. The number of nitrogens with zero attached hydrogens (tertiary/aromatic N) is 2. The highest BCUT2D eigenvalue weighted by molar-refractivity contribution is 9.10. The van der Waals surface area contributed by atoms with Crippen LogP contribution in [0.1, 0.15) is 39.2 Å². The fourth-order valence-electron chi connectivity index (χ4n) is 3.37. The molecule has 142 valence electrons. The average Bonchev–Trinajstić information content (AvgIpc) is 3.31. The Morgan fingerprint density at radius 2 is 2.25 bits per heavy atom. The second-order valence-electron chi connectivity index (χ2n) is 6.75. The van der Waals surface area contributed by atoms with Crippen LogP contribution in [0.25, 0.3) is 10.9 Å². The van der Waals surface area contributed by atoms with Crippen LogP contribution in [0.15, 0.2) is 28.7 Å². The minimum Gasteiger partial charge on any atom is -0.350 e. The van der Waals surface area contributed by atoms with Crippen molar-refractivity contribution in [3.05, 3.63) is 51.4 Å². The van der Waals surface area contributed by atoms with Gasteiger partial charge in [0, 0.05) is 34.1 Å². The summed E-state index contributed by atoms with van der Waals surface area (Å²) in [5.74, 6) is 2.01. The molecule has 3 N–H and O–H groups in total. The highest BCUT2D eigenvalue weighted by Gasteiger charge is 2.29. The van der Waals surface area contributed by atoms with Crippen LogP contribution >= 0.6 is 15.9 Å². The molecule has 1 atom stereocenters. The number of H-pyrrole nitrogens is 2. The highest BCUT2D eigenvalue weighted by atomic mass is 79.9. The van der Waals surface area contributed by atoms with Gasteiger partial charge in [-0.25, -0.2) is 0 Å². The van der Waals surface area contributed by atoms with Crippen molar-refractivity contribution in [3.8, 4) is 12.3 Å². The predicted octanol–water partition coefficient (Wildman–Crippen LogP) is 2.60. The fraction of sp³-hybridized carbons (Fsp3) is 0.250. The molecule has 1 aliphatic rings. The van der Waals surface area contributed by atoms with E-state index in [4.69, 9.17) is 6.42 Å². The van der Waals surface area contributed by atoms with Gasteiger partial charge in [0.05, 0.1) is 18.1 Å². The normalized spacial score (nSPS) is 14.4. The van der Waals surface area contributed by atoms with Gasteiger partial charge < -0.3 is 15.2 Å². The SMILES string of the molecule is C#CC(C)NC(=O)c1n[nH]c2c1CN(C(=O)c1cc3cccc(Br)c3[nH]1)CC2. The second kappa shape index (κ2) is 7.17. The zero-order valence-corrected chi connectivity index (χ0v) is 16.8. The summed E-state index contributed by atoms with van der Waals surface area (Å²) in [5, 5.41) is 10.7. The van der Waals surface area contributed by atoms with Crippen LogP contribution in [0.4, 0.5) is 0 Å². The van der Waals surface area contributed by atoms with E-state index in [1.807, 2.05) is 24.3 Å². The molecule has 1 aliphatic heterocycles. The quantitative estimate of drug-likeness (QED) is 0.547. The summed E-state index contributed by atoms with van der Waals surface area (Å²) in [7, 11) is 0. The van der Waals surface area contributed by atoms with E-state index in [0.717, 1.165) is 26.6 Å². The Balaban J connectivity index is 1.58. The smallest absolute Gasteiger partial charge is 0.273 e. The number of para-hydroxylation sites is 1. The minimum atomic E-state index is -0.397. The van der Waals surface area contributed by atoms with Crippen molar-refractivity contribution in [2.45, 2.75) is 25.9 Å². The van der Waals surface area contributed by atoms with Gasteiger partial charge in [-0.15, -0.1) is 6.42 Å². The number of aromatic amines is 2. The first-order chi connectivity index (χ1) is 13.5. The molecule has 1 aromatic carbocycles. The van der Waals surface area contributed by atoms with Gasteiger partial charge in [-0.1, -0.05) is 18.1 Å². The van der Waals surface area contributed by atoms with E-state index in [9.17, 15) is 9.59 Å². The lowest BCUT2D eigenvalue weighted by Gasteiger charge is -2.26. The van der Waals surface area contributed by atoms with Crippen molar-refractivity contribution in [3.63, 3.8) is 0 Å². The Hall–Kier alpha value is -3.05. The van der Waals surface area contributed by atoms with E-state index in [0.29, 0.717) is 25.2 Å². The van der Waals surface area contributed by atoms with E-state index in [-0.39, 0.29) is 17.5 Å². The van der Waals surface area contributed by atoms with Crippen molar-refractivity contribution in [2.75, 3.05) is 6.54 Å². The molecule has 0 spiro atoms. The van der Waals surface area contributed by atoms with Gasteiger partial charge in [0.2, 0.25) is 0 Å². The number of rotatable bonds is 3. The molecule has 4 rings (SSSR count). The minimum absolute atomic E-state index is 0.113. The number of benzene rings is 1. The molecule has 0 bridgehead atoms. The van der Waals surface area contributed by atoms with E-state index >= 15 is 0 Å². The van der Waals surface area contributed by atoms with Crippen LogP contribution in [-0.4, -0.2) is 44.5 Å². The van der Waals surface area contributed by atoms with E-state index < -0.39 is 6.04 Å². The molecule has 8 heteroatoms. The van der Waals surface area contributed by atoms with Gasteiger partial charge in [0.1, 0.15) is 5.69 Å². The van der Waals surface area contributed by atoms with Crippen LogP contribution in [0.2, 0.25) is 0 Å². The Morgan fingerprint density at radius 3 is 3.00 bits per heavy atom. The van der Waals surface area contributed by atoms with E-state index in [1.54, 1.807) is 11.8 Å². The van der Waals surface area contributed by atoms with E-state index in [2.05, 4.69) is 42.3 Å². The summed E-state index contributed by atoms with van der Waals surface area (Å²) in [6, 6.07) is 7.25. The molecule has 2 aromatic heterocycles. The largest absolute Gasteiger partial charge is 0.350 e. The van der Waals surface area contributed by atoms with Crippen LogP contribution in [0.5, 0.6) is 0 Å². The number of amides is 2. The lowest BCUT2D eigenvalue weighted by atomic mass is 10.0. The Kier molecular flexibility index (Phi) is 4.69. The Labute approximate surface area is 170 Å². The first-order valence-electron chi connectivity index (χ1n) is 8.87. The predicted molar refractivity (Wildman–Crippen MR) is 109 cm³/mol. The van der Waals surface area contributed by atoms with Crippen molar-refractivity contribution < 1.29 is 9.59 Å². The molecule has 0 aliphatic carbocycles. The highest BCUT2D eigenvalue weighted by Crippen LogP contribution is 2.26. The van der Waals surface area contributed by atoms with Crippen LogP contribution in [0, 0.1) is 12.3 Å².